The number of likely N-dealkylation sites (tertiary alicyclic amines) is 1. The van der Waals surface area contributed by atoms with Gasteiger partial charge in [0, 0.05) is 25.7 Å². The van der Waals surface area contributed by atoms with Crippen molar-refractivity contribution in [3.8, 4) is 5.88 Å². The van der Waals surface area contributed by atoms with Gasteiger partial charge in [-0.1, -0.05) is 24.3 Å². The number of hydrogen-bond acceptors (Lipinski definition) is 4. The lowest BCUT2D eigenvalue weighted by Crippen LogP contribution is -2.40. The average Bonchev–Trinajstić information content (AvgIpc) is 3.02. The van der Waals surface area contributed by atoms with Gasteiger partial charge in [0.05, 0.1) is 6.54 Å². The molecule has 5 rings (SSSR count). The molecule has 1 saturated heterocycles. The highest BCUT2D eigenvalue weighted by molar-refractivity contribution is 5.96. The predicted octanol–water partition coefficient (Wildman–Crippen LogP) is 5.13. The van der Waals surface area contributed by atoms with Crippen LogP contribution in [0.25, 0.3) is 0 Å². The van der Waals surface area contributed by atoms with Gasteiger partial charge < -0.3 is 14.5 Å². The summed E-state index contributed by atoms with van der Waals surface area (Å²) in [5.74, 6) is 0.326. The quantitative estimate of drug-likeness (QED) is 0.480. The van der Waals surface area contributed by atoms with Gasteiger partial charge in [0.25, 0.3) is 5.91 Å². The number of nitrogens with zero attached hydrogens (tertiary/aromatic N) is 3. The van der Waals surface area contributed by atoms with Crippen LogP contribution in [0.4, 0.5) is 8.78 Å². The van der Waals surface area contributed by atoms with E-state index in [-0.39, 0.29) is 29.6 Å². The van der Waals surface area contributed by atoms with Crippen LogP contribution in [-0.4, -0.2) is 60.0 Å². The summed E-state index contributed by atoms with van der Waals surface area (Å²) in [6.45, 7) is 3.29. The standard InChI is InChI=1S/C29H31F2N3O2/c1-33-19-25(36-28-26(29(33)35)3-2-15-32-28)14-18-34-16-12-22(13-17-34)27(20-4-8-23(30)9-5-20)21-6-10-24(31)11-7-21/h2-11,15,22,25,27H,12-14,16-19H2,1H3. The van der Waals surface area contributed by atoms with Crippen LogP contribution in [0.2, 0.25) is 0 Å². The lowest BCUT2D eigenvalue weighted by molar-refractivity contribution is 0.0735. The minimum absolute atomic E-state index is 0.0611. The summed E-state index contributed by atoms with van der Waals surface area (Å²) in [5, 5.41) is 0. The number of halogens is 2. The molecule has 0 N–H and O–H groups in total. The first kappa shape index (κ1) is 24.4. The molecule has 2 aliphatic rings. The second-order valence-corrected chi connectivity index (χ2v) is 9.83. The molecule has 36 heavy (non-hydrogen) atoms. The Balaban J connectivity index is 1.22. The molecule has 2 aliphatic heterocycles. The van der Waals surface area contributed by atoms with Crippen LogP contribution in [0.3, 0.4) is 0 Å². The van der Waals surface area contributed by atoms with Crippen molar-refractivity contribution in [1.82, 2.24) is 14.8 Å². The second kappa shape index (κ2) is 10.7. The Morgan fingerprint density at radius 1 is 0.972 bits per heavy atom. The molecule has 2 aromatic carbocycles. The van der Waals surface area contributed by atoms with E-state index >= 15 is 0 Å². The molecule has 5 nitrogen and oxygen atoms in total. The lowest BCUT2D eigenvalue weighted by atomic mass is 9.76. The van der Waals surface area contributed by atoms with Crippen molar-refractivity contribution in [2.24, 2.45) is 5.92 Å². The van der Waals surface area contributed by atoms with E-state index in [0.717, 1.165) is 50.0 Å². The van der Waals surface area contributed by atoms with E-state index in [1.165, 1.54) is 24.3 Å². The first-order valence-corrected chi connectivity index (χ1v) is 12.6. The van der Waals surface area contributed by atoms with Crippen LogP contribution in [0.15, 0.2) is 66.9 Å². The Hall–Kier alpha value is -3.32. The zero-order chi connectivity index (χ0) is 25.1. The number of carbonyl (C=O) groups excluding carboxylic acids is 1. The number of benzene rings is 2. The summed E-state index contributed by atoms with van der Waals surface area (Å²) in [6.07, 6.45) is 4.33. The SMILES string of the molecule is CN1CC(CCN2CCC(C(c3ccc(F)cc3)c3ccc(F)cc3)CC2)Oc2ncccc2C1=O. The number of fused-ring (bicyclic) bond motifs is 1. The summed E-state index contributed by atoms with van der Waals surface area (Å²) in [7, 11) is 1.80. The Labute approximate surface area is 210 Å². The number of carbonyl (C=O) groups is 1. The maximum Gasteiger partial charge on any atom is 0.259 e. The number of rotatable bonds is 6. The molecule has 0 radical (unpaired) electrons. The van der Waals surface area contributed by atoms with E-state index in [1.807, 2.05) is 24.3 Å². The molecule has 0 aliphatic carbocycles. The van der Waals surface area contributed by atoms with Crippen molar-refractivity contribution in [2.45, 2.75) is 31.3 Å². The van der Waals surface area contributed by atoms with Gasteiger partial charge in [-0.25, -0.2) is 13.8 Å². The third kappa shape index (κ3) is 5.41. The molecule has 0 saturated carbocycles. The first-order valence-electron chi connectivity index (χ1n) is 12.6. The van der Waals surface area contributed by atoms with Gasteiger partial charge in [0.15, 0.2) is 0 Å². The van der Waals surface area contributed by atoms with Crippen LogP contribution in [0, 0.1) is 17.6 Å². The van der Waals surface area contributed by atoms with Crippen LogP contribution >= 0.6 is 0 Å². The molecule has 1 unspecified atom stereocenters. The molecular weight excluding hydrogens is 460 g/mol. The third-order valence-corrected chi connectivity index (χ3v) is 7.43. The van der Waals surface area contributed by atoms with Gasteiger partial charge in [-0.05, 0) is 85.8 Å². The smallest absolute Gasteiger partial charge is 0.259 e. The largest absolute Gasteiger partial charge is 0.472 e. The van der Waals surface area contributed by atoms with Crippen molar-refractivity contribution < 1.29 is 18.3 Å². The van der Waals surface area contributed by atoms with Gasteiger partial charge in [-0.2, -0.15) is 0 Å². The molecule has 1 fully saturated rings. The van der Waals surface area contributed by atoms with Crippen molar-refractivity contribution in [3.05, 3.63) is 95.2 Å². The molecule has 188 valence electrons. The van der Waals surface area contributed by atoms with E-state index in [0.29, 0.717) is 23.9 Å². The van der Waals surface area contributed by atoms with Crippen molar-refractivity contribution in [1.29, 1.82) is 0 Å². The van der Waals surface area contributed by atoms with Gasteiger partial charge in [0.2, 0.25) is 5.88 Å². The topological polar surface area (TPSA) is 45.7 Å². The molecule has 3 heterocycles. The Bertz CT molecular complexity index is 1130. The highest BCUT2D eigenvalue weighted by Crippen LogP contribution is 2.38. The summed E-state index contributed by atoms with van der Waals surface area (Å²) < 4.78 is 33.3. The van der Waals surface area contributed by atoms with Gasteiger partial charge in [0.1, 0.15) is 23.3 Å². The number of piperidine rings is 1. The summed E-state index contributed by atoms with van der Waals surface area (Å²) in [4.78, 5) is 21.0. The van der Waals surface area contributed by atoms with Crippen LogP contribution in [0.1, 0.15) is 46.7 Å². The highest BCUT2D eigenvalue weighted by atomic mass is 19.1. The molecule has 3 aromatic rings. The molecular formula is C29H31F2N3O2. The second-order valence-electron chi connectivity index (χ2n) is 9.83. The maximum atomic E-state index is 13.6. The number of amides is 1. The van der Waals surface area contributed by atoms with Crippen molar-refractivity contribution in [3.63, 3.8) is 0 Å². The van der Waals surface area contributed by atoms with E-state index < -0.39 is 0 Å². The fourth-order valence-corrected chi connectivity index (χ4v) is 5.50. The van der Waals surface area contributed by atoms with Gasteiger partial charge in [-0.3, -0.25) is 4.79 Å². The molecule has 1 atom stereocenters. The minimum atomic E-state index is -0.252. The first-order chi connectivity index (χ1) is 17.5. The predicted molar refractivity (Wildman–Crippen MR) is 134 cm³/mol. The average molecular weight is 492 g/mol. The Morgan fingerprint density at radius 3 is 2.19 bits per heavy atom. The fourth-order valence-electron chi connectivity index (χ4n) is 5.50. The van der Waals surface area contributed by atoms with Crippen LogP contribution in [-0.2, 0) is 0 Å². The van der Waals surface area contributed by atoms with E-state index in [4.69, 9.17) is 4.74 Å². The van der Waals surface area contributed by atoms with Gasteiger partial charge >= 0.3 is 0 Å². The molecule has 0 bridgehead atoms. The monoisotopic (exact) mass is 491 g/mol. The van der Waals surface area contributed by atoms with E-state index in [1.54, 1.807) is 30.3 Å². The third-order valence-electron chi connectivity index (χ3n) is 7.43. The molecule has 0 spiro atoms. The van der Waals surface area contributed by atoms with E-state index in [2.05, 4.69) is 9.88 Å². The van der Waals surface area contributed by atoms with Crippen LogP contribution in [0.5, 0.6) is 5.88 Å². The summed E-state index contributed by atoms with van der Waals surface area (Å²) >= 11 is 0. The van der Waals surface area contributed by atoms with Crippen molar-refractivity contribution >= 4 is 5.91 Å². The normalized spacial score (nSPS) is 19.2. The summed E-state index contributed by atoms with van der Waals surface area (Å²) in [6, 6.07) is 16.9. The molecule has 7 heteroatoms. The lowest BCUT2D eigenvalue weighted by Gasteiger charge is -2.37. The zero-order valence-corrected chi connectivity index (χ0v) is 20.4. The Morgan fingerprint density at radius 2 is 1.58 bits per heavy atom. The van der Waals surface area contributed by atoms with Gasteiger partial charge in [-0.15, -0.1) is 0 Å². The molecule has 1 aromatic heterocycles. The highest BCUT2D eigenvalue weighted by Gasteiger charge is 2.31. The maximum absolute atomic E-state index is 13.6. The molecule has 1 amide bonds. The fraction of sp³-hybridized carbons (Fsp3) is 0.379. The zero-order valence-electron chi connectivity index (χ0n) is 20.4. The number of aromatic nitrogens is 1. The number of ether oxygens (including phenoxy) is 1. The van der Waals surface area contributed by atoms with E-state index in [9.17, 15) is 13.6 Å². The number of hydrogen-bond donors (Lipinski definition) is 0. The number of likely N-dealkylation sites (N-methyl/N-ethyl adjacent to an activating group) is 1. The summed E-state index contributed by atoms with van der Waals surface area (Å²) in [5.41, 5.74) is 2.63. The van der Waals surface area contributed by atoms with Crippen LogP contribution < -0.4 is 4.74 Å². The Kier molecular flexibility index (Phi) is 7.28. The minimum Gasteiger partial charge on any atom is -0.472 e. The number of pyridine rings is 1. The van der Waals surface area contributed by atoms with Crippen molar-refractivity contribution in [2.75, 3.05) is 33.2 Å².